The van der Waals surface area contributed by atoms with Crippen LogP contribution in [0.25, 0.3) is 0 Å². The highest BCUT2D eigenvalue weighted by molar-refractivity contribution is 5.38. The Hall–Kier alpha value is -1.06. The van der Waals surface area contributed by atoms with Gasteiger partial charge >= 0.3 is 0 Å². The predicted molar refractivity (Wildman–Crippen MR) is 73.0 cm³/mol. The maximum atomic E-state index is 9.75. The topological polar surface area (TPSA) is 32.7 Å². The van der Waals surface area contributed by atoms with Crippen LogP contribution in [0.15, 0.2) is 18.2 Å². The summed E-state index contributed by atoms with van der Waals surface area (Å²) in [4.78, 5) is 2.43. The fraction of sp³-hybridized carbons (Fsp3) is 0.600. The number of aliphatic hydroxyl groups excluding tert-OH is 1. The van der Waals surface area contributed by atoms with Gasteiger partial charge in [0.1, 0.15) is 12.4 Å². The van der Waals surface area contributed by atoms with Crippen molar-refractivity contribution < 1.29 is 9.84 Å². The average molecular weight is 249 g/mol. The van der Waals surface area contributed by atoms with Gasteiger partial charge in [-0.15, -0.1) is 0 Å². The van der Waals surface area contributed by atoms with E-state index in [0.29, 0.717) is 6.61 Å². The Bertz CT molecular complexity index is 384. The van der Waals surface area contributed by atoms with Crippen LogP contribution < -0.4 is 4.74 Å². The van der Waals surface area contributed by atoms with Crippen LogP contribution in [-0.4, -0.2) is 36.2 Å². The molecule has 0 aliphatic carbocycles. The van der Waals surface area contributed by atoms with E-state index in [1.54, 1.807) is 6.92 Å². The molecule has 0 radical (unpaired) electrons. The van der Waals surface area contributed by atoms with Crippen LogP contribution in [0.4, 0.5) is 0 Å². The third-order valence-electron chi connectivity index (χ3n) is 3.48. The molecule has 1 fully saturated rings. The molecular weight excluding hydrogens is 226 g/mol. The number of nitrogens with zero attached hydrogens (tertiary/aromatic N) is 1. The number of hydrogen-bond acceptors (Lipinski definition) is 3. The highest BCUT2D eigenvalue weighted by Crippen LogP contribution is 2.26. The molecule has 1 aliphatic heterocycles. The highest BCUT2D eigenvalue weighted by Gasteiger charge is 2.12. The molecule has 2 rings (SSSR count). The van der Waals surface area contributed by atoms with Gasteiger partial charge in [0.05, 0.1) is 6.10 Å². The van der Waals surface area contributed by atoms with Crippen LogP contribution in [0.1, 0.15) is 37.0 Å². The molecule has 0 bridgehead atoms. The molecule has 100 valence electrons. The molecule has 1 atom stereocenters. The molecular formula is C15H23NO2. The smallest absolute Gasteiger partial charge is 0.125 e. The van der Waals surface area contributed by atoms with Gasteiger partial charge in [-0.05, 0) is 51.9 Å². The predicted octanol–water partition coefficient (Wildman–Crippen LogP) is 2.52. The monoisotopic (exact) mass is 249 g/mol. The van der Waals surface area contributed by atoms with Gasteiger partial charge < -0.3 is 9.84 Å². The van der Waals surface area contributed by atoms with Gasteiger partial charge in [-0.1, -0.05) is 11.6 Å². The number of aryl methyl sites for hydroxylation is 1. The number of rotatable bonds is 5. The Morgan fingerprint density at radius 1 is 1.33 bits per heavy atom. The van der Waals surface area contributed by atoms with E-state index in [4.69, 9.17) is 4.74 Å². The lowest BCUT2D eigenvalue weighted by molar-refractivity contribution is 0.186. The zero-order chi connectivity index (χ0) is 13.0. The Labute approximate surface area is 109 Å². The molecule has 1 unspecified atom stereocenters. The Balaban J connectivity index is 1.91. The first-order chi connectivity index (χ1) is 8.66. The van der Waals surface area contributed by atoms with Gasteiger partial charge in [-0.3, -0.25) is 4.90 Å². The highest BCUT2D eigenvalue weighted by atomic mass is 16.5. The summed E-state index contributed by atoms with van der Waals surface area (Å²) in [7, 11) is 0. The van der Waals surface area contributed by atoms with Crippen molar-refractivity contribution in [3.63, 3.8) is 0 Å². The van der Waals surface area contributed by atoms with Crippen molar-refractivity contribution in [2.75, 3.05) is 26.2 Å². The lowest BCUT2D eigenvalue weighted by Crippen LogP contribution is -2.25. The summed E-state index contributed by atoms with van der Waals surface area (Å²) in [6.45, 7) is 7.87. The van der Waals surface area contributed by atoms with Crippen LogP contribution >= 0.6 is 0 Å². The molecule has 0 aromatic heterocycles. The summed E-state index contributed by atoms with van der Waals surface area (Å²) in [6, 6.07) is 5.98. The van der Waals surface area contributed by atoms with Gasteiger partial charge in [0, 0.05) is 12.1 Å². The van der Waals surface area contributed by atoms with Gasteiger partial charge in [-0.2, -0.15) is 0 Å². The van der Waals surface area contributed by atoms with Gasteiger partial charge in [0.25, 0.3) is 0 Å². The van der Waals surface area contributed by atoms with E-state index < -0.39 is 6.10 Å². The van der Waals surface area contributed by atoms with E-state index >= 15 is 0 Å². The van der Waals surface area contributed by atoms with Gasteiger partial charge in [0.2, 0.25) is 0 Å². The molecule has 1 heterocycles. The standard InChI is InChI=1S/C15H23NO2/c1-12-5-6-15(14(11-12)13(2)17)18-10-9-16-7-3-4-8-16/h5-6,11,13,17H,3-4,7-10H2,1-2H3. The molecule has 0 spiro atoms. The van der Waals surface area contributed by atoms with E-state index in [0.717, 1.165) is 23.4 Å². The van der Waals surface area contributed by atoms with E-state index in [9.17, 15) is 5.11 Å². The van der Waals surface area contributed by atoms with E-state index in [1.807, 2.05) is 25.1 Å². The lowest BCUT2D eigenvalue weighted by Gasteiger charge is -2.17. The third kappa shape index (κ3) is 3.47. The number of aliphatic hydroxyl groups is 1. The Morgan fingerprint density at radius 3 is 2.72 bits per heavy atom. The molecule has 0 amide bonds. The minimum atomic E-state index is -0.480. The molecule has 1 aliphatic rings. The third-order valence-corrected chi connectivity index (χ3v) is 3.48. The van der Waals surface area contributed by atoms with Gasteiger partial charge in [0.15, 0.2) is 0 Å². The van der Waals surface area contributed by atoms with Crippen LogP contribution in [0, 0.1) is 6.92 Å². The molecule has 18 heavy (non-hydrogen) atoms. The molecule has 3 heteroatoms. The minimum Gasteiger partial charge on any atom is -0.492 e. The second-order valence-electron chi connectivity index (χ2n) is 5.11. The quantitative estimate of drug-likeness (QED) is 0.870. The number of benzene rings is 1. The van der Waals surface area contributed by atoms with Crippen molar-refractivity contribution in [2.24, 2.45) is 0 Å². The normalized spacial score (nSPS) is 17.9. The van der Waals surface area contributed by atoms with Crippen molar-refractivity contribution in [2.45, 2.75) is 32.8 Å². The number of ether oxygens (including phenoxy) is 1. The maximum absolute atomic E-state index is 9.75. The molecule has 0 saturated carbocycles. The van der Waals surface area contributed by atoms with Crippen molar-refractivity contribution in [1.82, 2.24) is 4.90 Å². The Morgan fingerprint density at radius 2 is 2.06 bits per heavy atom. The van der Waals surface area contributed by atoms with Crippen molar-refractivity contribution in [1.29, 1.82) is 0 Å². The fourth-order valence-electron chi connectivity index (χ4n) is 2.42. The molecule has 3 nitrogen and oxygen atoms in total. The summed E-state index contributed by atoms with van der Waals surface area (Å²) < 4.78 is 5.81. The van der Waals surface area contributed by atoms with E-state index in [1.165, 1.54) is 25.9 Å². The minimum absolute atomic E-state index is 0.480. The molecule has 1 saturated heterocycles. The van der Waals surface area contributed by atoms with Crippen LogP contribution in [0.5, 0.6) is 5.75 Å². The van der Waals surface area contributed by atoms with Gasteiger partial charge in [-0.25, -0.2) is 0 Å². The van der Waals surface area contributed by atoms with Crippen molar-refractivity contribution in [3.05, 3.63) is 29.3 Å². The summed E-state index contributed by atoms with van der Waals surface area (Å²) in [6.07, 6.45) is 2.14. The first-order valence-electron chi connectivity index (χ1n) is 6.80. The zero-order valence-electron chi connectivity index (χ0n) is 11.4. The van der Waals surface area contributed by atoms with Crippen molar-refractivity contribution in [3.8, 4) is 5.75 Å². The largest absolute Gasteiger partial charge is 0.492 e. The second-order valence-corrected chi connectivity index (χ2v) is 5.11. The van der Waals surface area contributed by atoms with Crippen LogP contribution in [0.3, 0.4) is 0 Å². The molecule has 1 aromatic rings. The first-order valence-corrected chi connectivity index (χ1v) is 6.80. The van der Waals surface area contributed by atoms with Crippen LogP contribution in [-0.2, 0) is 0 Å². The van der Waals surface area contributed by atoms with Crippen molar-refractivity contribution >= 4 is 0 Å². The summed E-state index contributed by atoms with van der Waals surface area (Å²) in [5.74, 6) is 0.815. The number of likely N-dealkylation sites (tertiary alicyclic amines) is 1. The second kappa shape index (κ2) is 6.21. The summed E-state index contributed by atoms with van der Waals surface area (Å²) in [5.41, 5.74) is 2.04. The average Bonchev–Trinajstić information content (AvgIpc) is 2.84. The zero-order valence-corrected chi connectivity index (χ0v) is 11.4. The summed E-state index contributed by atoms with van der Waals surface area (Å²) in [5, 5.41) is 9.75. The fourth-order valence-corrected chi connectivity index (χ4v) is 2.42. The molecule has 1 aromatic carbocycles. The van der Waals surface area contributed by atoms with E-state index in [2.05, 4.69) is 4.90 Å². The lowest BCUT2D eigenvalue weighted by atomic mass is 10.1. The summed E-state index contributed by atoms with van der Waals surface area (Å²) >= 11 is 0. The van der Waals surface area contributed by atoms with Crippen LogP contribution in [0.2, 0.25) is 0 Å². The Kier molecular flexibility index (Phi) is 4.61. The SMILES string of the molecule is Cc1ccc(OCCN2CCCC2)c(C(C)O)c1. The maximum Gasteiger partial charge on any atom is 0.125 e. The number of hydrogen-bond donors (Lipinski definition) is 1. The first kappa shape index (κ1) is 13.4. The molecule has 1 N–H and O–H groups in total. The van der Waals surface area contributed by atoms with E-state index in [-0.39, 0.29) is 0 Å².